The lowest BCUT2D eigenvalue weighted by Gasteiger charge is -2.25. The third-order valence-corrected chi connectivity index (χ3v) is 4.99. The van der Waals surface area contributed by atoms with Crippen LogP contribution in [-0.2, 0) is 4.79 Å². The first-order valence-electron chi connectivity index (χ1n) is 10.9. The van der Waals surface area contributed by atoms with E-state index in [9.17, 15) is 5.11 Å². The molecule has 2 atom stereocenters. The van der Waals surface area contributed by atoms with Gasteiger partial charge in [-0.3, -0.25) is 4.79 Å². The van der Waals surface area contributed by atoms with E-state index in [4.69, 9.17) is 15.6 Å². The van der Waals surface area contributed by atoms with Crippen LogP contribution in [0.25, 0.3) is 0 Å². The number of aliphatic carboxylic acids is 1. The highest BCUT2D eigenvalue weighted by atomic mass is 16.4. The summed E-state index contributed by atoms with van der Waals surface area (Å²) in [7, 11) is 0. The molecule has 0 aromatic heterocycles. The van der Waals surface area contributed by atoms with E-state index in [1.165, 1.54) is 89.9 Å². The molecule has 0 aliphatic carbocycles. The molecule has 158 valence electrons. The molecule has 0 rings (SSSR count). The zero-order chi connectivity index (χ0) is 20.3. The van der Waals surface area contributed by atoms with E-state index in [1.807, 2.05) is 6.92 Å². The third kappa shape index (κ3) is 25.6. The summed E-state index contributed by atoms with van der Waals surface area (Å²) < 4.78 is 0. The van der Waals surface area contributed by atoms with Gasteiger partial charge in [-0.05, 0) is 19.3 Å². The van der Waals surface area contributed by atoms with Gasteiger partial charge in [0.2, 0.25) is 0 Å². The van der Waals surface area contributed by atoms with E-state index >= 15 is 0 Å². The molecular weight excluding hydrogens is 326 g/mol. The molecule has 0 amide bonds. The highest BCUT2D eigenvalue weighted by Gasteiger charge is 2.21. The molecule has 0 spiro atoms. The average molecular weight is 374 g/mol. The Labute approximate surface area is 162 Å². The Balaban J connectivity index is 0. The number of hydrogen-bond donors (Lipinski definition) is 3. The van der Waals surface area contributed by atoms with E-state index in [-0.39, 0.29) is 5.92 Å². The predicted molar refractivity (Wildman–Crippen MR) is 112 cm³/mol. The molecule has 26 heavy (non-hydrogen) atoms. The Hall–Kier alpha value is -0.610. The summed E-state index contributed by atoms with van der Waals surface area (Å²) in [5.41, 5.74) is 4.69. The molecule has 0 aliphatic heterocycles. The molecule has 0 saturated heterocycles. The minimum atomic E-state index is -1.00. The van der Waals surface area contributed by atoms with Crippen LogP contribution in [0.4, 0.5) is 0 Å². The molecule has 0 radical (unpaired) electrons. The summed E-state index contributed by atoms with van der Waals surface area (Å²) in [6.07, 6.45) is 20.5. The maximum atomic E-state index is 9.67. The molecule has 4 nitrogen and oxygen atoms in total. The van der Waals surface area contributed by atoms with Gasteiger partial charge in [0.05, 0.1) is 0 Å². The Kier molecular flexibility index (Phi) is 20.3. The van der Waals surface area contributed by atoms with Gasteiger partial charge in [-0.15, -0.1) is 0 Å². The van der Waals surface area contributed by atoms with E-state index in [0.717, 1.165) is 13.3 Å². The van der Waals surface area contributed by atoms with Crippen molar-refractivity contribution in [3.8, 4) is 0 Å². The second-order valence-electron chi connectivity index (χ2n) is 8.03. The molecule has 2 unspecified atom stereocenters. The summed E-state index contributed by atoms with van der Waals surface area (Å²) in [4.78, 5) is 9.00. The van der Waals surface area contributed by atoms with Crippen LogP contribution < -0.4 is 5.73 Å². The van der Waals surface area contributed by atoms with Crippen LogP contribution in [0.2, 0.25) is 0 Å². The maximum Gasteiger partial charge on any atom is 0.300 e. The largest absolute Gasteiger partial charge is 0.481 e. The fourth-order valence-electron chi connectivity index (χ4n) is 2.94. The van der Waals surface area contributed by atoms with Crippen molar-refractivity contribution in [3.05, 3.63) is 0 Å². The van der Waals surface area contributed by atoms with Gasteiger partial charge in [0.25, 0.3) is 5.97 Å². The Morgan fingerprint density at radius 1 is 0.846 bits per heavy atom. The smallest absolute Gasteiger partial charge is 0.300 e. The normalized spacial score (nSPS) is 14.2. The van der Waals surface area contributed by atoms with Crippen LogP contribution in [0.5, 0.6) is 0 Å². The molecule has 0 bridgehead atoms. The first-order valence-corrected chi connectivity index (χ1v) is 10.9. The van der Waals surface area contributed by atoms with Crippen LogP contribution in [0.1, 0.15) is 124 Å². The van der Waals surface area contributed by atoms with Gasteiger partial charge in [0.15, 0.2) is 0 Å². The summed E-state index contributed by atoms with van der Waals surface area (Å²) >= 11 is 0. The van der Waals surface area contributed by atoms with Gasteiger partial charge in [0.1, 0.15) is 5.72 Å². The second kappa shape index (κ2) is 19.2. The summed E-state index contributed by atoms with van der Waals surface area (Å²) in [6.45, 7) is 7.12. The summed E-state index contributed by atoms with van der Waals surface area (Å²) in [5, 5.41) is 17.1. The van der Waals surface area contributed by atoms with Crippen LogP contribution in [0, 0.1) is 5.92 Å². The second-order valence-corrected chi connectivity index (χ2v) is 8.03. The van der Waals surface area contributed by atoms with Crippen molar-refractivity contribution in [2.24, 2.45) is 11.7 Å². The number of rotatable bonds is 16. The van der Waals surface area contributed by atoms with Crippen molar-refractivity contribution >= 4 is 5.97 Å². The number of carboxylic acid groups (broad SMARTS) is 1. The fourth-order valence-corrected chi connectivity index (χ4v) is 2.94. The Bertz CT molecular complexity index is 296. The topological polar surface area (TPSA) is 83.5 Å². The van der Waals surface area contributed by atoms with Gasteiger partial charge >= 0.3 is 0 Å². The SMILES string of the molecule is CC(=O)O.CCCCCCCCCCCCCCCCC(C)C(C)(N)O. The van der Waals surface area contributed by atoms with Crippen LogP contribution in [0.3, 0.4) is 0 Å². The lowest BCUT2D eigenvalue weighted by atomic mass is 9.93. The minimum Gasteiger partial charge on any atom is -0.481 e. The molecule has 4 heteroatoms. The van der Waals surface area contributed by atoms with Crippen molar-refractivity contribution in [1.82, 2.24) is 0 Å². The zero-order valence-corrected chi connectivity index (χ0v) is 18.1. The molecule has 4 N–H and O–H groups in total. The molecule has 0 saturated carbocycles. The number of carboxylic acids is 1. The van der Waals surface area contributed by atoms with E-state index in [0.29, 0.717) is 0 Å². The first-order chi connectivity index (χ1) is 12.2. The fraction of sp³-hybridized carbons (Fsp3) is 0.955. The predicted octanol–water partition coefficient (Wildman–Crippen LogP) is 6.25. The average Bonchev–Trinajstić information content (AvgIpc) is 2.53. The number of hydrogen-bond acceptors (Lipinski definition) is 3. The van der Waals surface area contributed by atoms with E-state index in [2.05, 4.69) is 6.92 Å². The molecule has 0 aromatic rings. The lowest BCUT2D eigenvalue weighted by molar-refractivity contribution is -0.134. The summed E-state index contributed by atoms with van der Waals surface area (Å²) in [6, 6.07) is 0. The van der Waals surface area contributed by atoms with Gasteiger partial charge in [0, 0.05) is 6.92 Å². The number of nitrogens with two attached hydrogens (primary N) is 1. The minimum absolute atomic E-state index is 0.199. The summed E-state index contributed by atoms with van der Waals surface area (Å²) in [5.74, 6) is -0.634. The molecule has 0 aromatic carbocycles. The monoisotopic (exact) mass is 373 g/mol. The lowest BCUT2D eigenvalue weighted by Crippen LogP contribution is -2.42. The van der Waals surface area contributed by atoms with Crippen molar-refractivity contribution < 1.29 is 15.0 Å². The van der Waals surface area contributed by atoms with Crippen LogP contribution in [-0.4, -0.2) is 21.9 Å². The standard InChI is InChI=1S/C20H43NO.C2H4O2/c1-4-5-6-7-8-9-10-11-12-13-14-15-16-17-18-19(2)20(3,21)22;1-2(3)4/h19,22H,4-18,21H2,1-3H3;1H3,(H,3,4). The third-order valence-electron chi connectivity index (χ3n) is 4.99. The Morgan fingerprint density at radius 2 is 1.12 bits per heavy atom. The number of unbranched alkanes of at least 4 members (excludes halogenated alkanes) is 13. The highest BCUT2D eigenvalue weighted by Crippen LogP contribution is 2.19. The van der Waals surface area contributed by atoms with Crippen molar-refractivity contribution in [1.29, 1.82) is 0 Å². The van der Waals surface area contributed by atoms with Gasteiger partial charge in [-0.2, -0.15) is 0 Å². The maximum absolute atomic E-state index is 9.67. The zero-order valence-electron chi connectivity index (χ0n) is 18.1. The quantitative estimate of drug-likeness (QED) is 0.220. The van der Waals surface area contributed by atoms with E-state index < -0.39 is 11.7 Å². The number of aliphatic hydroxyl groups is 1. The molecular formula is C22H47NO3. The number of carbonyl (C=O) groups is 1. The van der Waals surface area contributed by atoms with E-state index in [1.54, 1.807) is 6.92 Å². The van der Waals surface area contributed by atoms with Crippen molar-refractivity contribution in [3.63, 3.8) is 0 Å². The van der Waals surface area contributed by atoms with Crippen molar-refractivity contribution in [2.75, 3.05) is 0 Å². The van der Waals surface area contributed by atoms with Crippen LogP contribution >= 0.6 is 0 Å². The highest BCUT2D eigenvalue weighted by molar-refractivity contribution is 5.62. The molecule has 0 aliphatic rings. The molecule has 0 fully saturated rings. The van der Waals surface area contributed by atoms with Crippen molar-refractivity contribution in [2.45, 2.75) is 130 Å². The van der Waals surface area contributed by atoms with Gasteiger partial charge < -0.3 is 15.9 Å². The van der Waals surface area contributed by atoms with Gasteiger partial charge in [-0.25, -0.2) is 0 Å². The van der Waals surface area contributed by atoms with Gasteiger partial charge in [-0.1, -0.05) is 104 Å². The first kappa shape index (κ1) is 27.6. The molecule has 0 heterocycles. The Morgan fingerprint density at radius 3 is 1.38 bits per heavy atom. The van der Waals surface area contributed by atoms with Crippen LogP contribution in [0.15, 0.2) is 0 Å².